The van der Waals surface area contributed by atoms with Gasteiger partial charge in [-0.15, -0.1) is 0 Å². The van der Waals surface area contributed by atoms with Crippen LogP contribution in [0.1, 0.15) is 36.8 Å². The fourth-order valence-corrected chi connectivity index (χ4v) is 6.27. The van der Waals surface area contributed by atoms with Gasteiger partial charge in [0.25, 0.3) is 6.01 Å². The molecule has 0 radical (unpaired) electrons. The number of β-amino-alcohol motifs (C(OH)–C–C–N with tert-alkyl or cyclic N) is 1. The molecule has 2 aromatic carbocycles. The molecule has 2 saturated heterocycles. The molecule has 1 unspecified atom stereocenters. The third kappa shape index (κ3) is 4.70. The summed E-state index contributed by atoms with van der Waals surface area (Å²) in [4.78, 5) is 8.93. The maximum Gasteiger partial charge on any atom is 0.297 e. The van der Waals surface area contributed by atoms with E-state index in [1.807, 2.05) is 18.2 Å². The van der Waals surface area contributed by atoms with Gasteiger partial charge >= 0.3 is 0 Å². The molecule has 3 aliphatic heterocycles. The van der Waals surface area contributed by atoms with E-state index >= 15 is 0 Å². The second-order valence-electron chi connectivity index (χ2n) is 10.7. The molecule has 0 saturated carbocycles. The Labute approximate surface area is 216 Å². The summed E-state index contributed by atoms with van der Waals surface area (Å²) in [5, 5.41) is 23.8. The van der Waals surface area contributed by atoms with Crippen molar-refractivity contribution in [2.24, 2.45) is 5.92 Å². The highest BCUT2D eigenvalue weighted by atomic mass is 19.1. The van der Waals surface area contributed by atoms with E-state index in [0.717, 1.165) is 64.1 Å². The number of halogens is 1. The predicted molar refractivity (Wildman–Crippen MR) is 140 cm³/mol. The highest BCUT2D eigenvalue weighted by Gasteiger charge is 2.42. The second kappa shape index (κ2) is 9.81. The summed E-state index contributed by atoms with van der Waals surface area (Å²) in [5.41, 5.74) is 3.96. The Morgan fingerprint density at radius 1 is 1.16 bits per heavy atom. The number of oxazole rings is 1. The van der Waals surface area contributed by atoms with Crippen LogP contribution in [0, 0.1) is 23.1 Å². The van der Waals surface area contributed by atoms with E-state index in [9.17, 15) is 14.8 Å². The molecule has 3 aromatic rings. The number of aliphatic hydroxyl groups excluding tert-OH is 1. The molecule has 2 fully saturated rings. The monoisotopic (exact) mass is 501 g/mol. The molecule has 1 aromatic heterocycles. The highest BCUT2D eigenvalue weighted by Crippen LogP contribution is 2.44. The van der Waals surface area contributed by atoms with Crippen LogP contribution in [0.25, 0.3) is 11.3 Å². The van der Waals surface area contributed by atoms with Gasteiger partial charge in [0.05, 0.1) is 23.9 Å². The number of anilines is 2. The van der Waals surface area contributed by atoms with Gasteiger partial charge in [0.1, 0.15) is 5.82 Å². The summed E-state index contributed by atoms with van der Waals surface area (Å²) in [6.45, 7) is 5.12. The van der Waals surface area contributed by atoms with Gasteiger partial charge in [0.15, 0.2) is 5.76 Å². The van der Waals surface area contributed by atoms with E-state index in [1.54, 1.807) is 12.3 Å². The number of nitriles is 1. The van der Waals surface area contributed by atoms with Crippen LogP contribution in [0.4, 0.5) is 16.1 Å². The lowest BCUT2D eigenvalue weighted by Crippen LogP contribution is -2.48. The Hall–Kier alpha value is -3.41. The zero-order valence-electron chi connectivity index (χ0n) is 20.9. The Bertz CT molecular complexity index is 1300. The minimum atomic E-state index is -0.351. The van der Waals surface area contributed by atoms with E-state index in [-0.39, 0.29) is 23.3 Å². The number of aromatic nitrogens is 1. The molecule has 3 aliphatic rings. The lowest BCUT2D eigenvalue weighted by Gasteiger charge is -2.41. The Kier molecular flexibility index (Phi) is 6.35. The molecule has 4 heterocycles. The maximum atomic E-state index is 13.6. The standard InChI is InChI=1S/C29H32FN5O2/c30-23-3-1-2-22(15-23)27-17-32-28(37-27)35-10-6-21(7-11-35)26(36)18-34-12-8-29(9-13-34)19-33-25-14-20(16-31)4-5-24(25)29/h1-5,14-15,17,21,26,33,36H,6-13,18-19H2. The number of aliphatic hydroxyl groups is 1. The van der Waals surface area contributed by atoms with Crippen LogP contribution in [0.5, 0.6) is 0 Å². The topological polar surface area (TPSA) is 88.6 Å². The number of likely N-dealkylation sites (tertiary alicyclic amines) is 1. The van der Waals surface area contributed by atoms with Gasteiger partial charge in [-0.25, -0.2) is 9.37 Å². The largest absolute Gasteiger partial charge is 0.423 e. The first-order valence-electron chi connectivity index (χ1n) is 13.2. The van der Waals surface area contributed by atoms with Crippen LogP contribution in [0.2, 0.25) is 0 Å². The van der Waals surface area contributed by atoms with Crippen LogP contribution in [0.3, 0.4) is 0 Å². The maximum absolute atomic E-state index is 13.6. The smallest absolute Gasteiger partial charge is 0.297 e. The van der Waals surface area contributed by atoms with Crippen LogP contribution in [-0.2, 0) is 5.41 Å². The minimum Gasteiger partial charge on any atom is -0.423 e. The van der Waals surface area contributed by atoms with Crippen molar-refractivity contribution < 1.29 is 13.9 Å². The summed E-state index contributed by atoms with van der Waals surface area (Å²) >= 11 is 0. The minimum absolute atomic E-state index is 0.135. The molecule has 1 atom stereocenters. The molecule has 192 valence electrons. The van der Waals surface area contributed by atoms with E-state index < -0.39 is 0 Å². The van der Waals surface area contributed by atoms with Crippen LogP contribution < -0.4 is 10.2 Å². The van der Waals surface area contributed by atoms with Crippen molar-refractivity contribution in [2.75, 3.05) is 49.5 Å². The number of hydrogen-bond donors (Lipinski definition) is 2. The Balaban J connectivity index is 1.00. The fraction of sp³-hybridized carbons (Fsp3) is 0.448. The number of nitrogens with one attached hydrogen (secondary N) is 1. The van der Waals surface area contributed by atoms with Gasteiger partial charge in [-0.1, -0.05) is 18.2 Å². The van der Waals surface area contributed by atoms with Crippen molar-refractivity contribution in [3.8, 4) is 17.4 Å². The van der Waals surface area contributed by atoms with E-state index in [1.165, 1.54) is 17.7 Å². The fourth-order valence-electron chi connectivity index (χ4n) is 6.27. The number of rotatable bonds is 5. The van der Waals surface area contributed by atoms with Gasteiger partial charge in [-0.2, -0.15) is 5.26 Å². The SMILES string of the molecule is N#Cc1ccc2c(c1)NCC21CCN(CC(O)C2CCN(c3ncc(-c4cccc(F)c4)o3)CC2)CC1. The quantitative estimate of drug-likeness (QED) is 0.536. The van der Waals surface area contributed by atoms with Crippen molar-refractivity contribution in [1.29, 1.82) is 5.26 Å². The normalized spacial score (nSPS) is 20.4. The van der Waals surface area contributed by atoms with Crippen LogP contribution >= 0.6 is 0 Å². The van der Waals surface area contributed by atoms with Gasteiger partial charge in [-0.05, 0) is 74.5 Å². The summed E-state index contributed by atoms with van der Waals surface area (Å²) in [7, 11) is 0. The summed E-state index contributed by atoms with van der Waals surface area (Å²) in [6, 6.07) is 15.1. The van der Waals surface area contributed by atoms with Crippen LogP contribution in [-0.4, -0.2) is 60.4 Å². The molecular weight excluding hydrogens is 469 g/mol. The molecule has 0 aliphatic carbocycles. The molecule has 6 rings (SSSR count). The number of benzene rings is 2. The van der Waals surface area contributed by atoms with Gasteiger partial charge in [0, 0.05) is 42.8 Å². The molecular formula is C29H32FN5O2. The van der Waals surface area contributed by atoms with Crippen molar-refractivity contribution >= 4 is 11.7 Å². The molecule has 2 N–H and O–H groups in total. The molecule has 7 nitrogen and oxygen atoms in total. The molecule has 8 heteroatoms. The molecule has 0 amide bonds. The third-order valence-electron chi connectivity index (χ3n) is 8.55. The highest BCUT2D eigenvalue weighted by molar-refractivity contribution is 5.63. The predicted octanol–water partition coefficient (Wildman–Crippen LogP) is 4.39. The third-order valence-corrected chi connectivity index (χ3v) is 8.55. The number of hydrogen-bond acceptors (Lipinski definition) is 7. The summed E-state index contributed by atoms with van der Waals surface area (Å²) in [5.74, 6) is 0.515. The zero-order chi connectivity index (χ0) is 25.4. The zero-order valence-corrected chi connectivity index (χ0v) is 20.9. The van der Waals surface area contributed by atoms with Crippen molar-refractivity contribution in [1.82, 2.24) is 9.88 Å². The van der Waals surface area contributed by atoms with Crippen LogP contribution in [0.15, 0.2) is 53.1 Å². The van der Waals surface area contributed by atoms with Crippen molar-refractivity contribution in [3.05, 3.63) is 65.6 Å². The lowest BCUT2D eigenvalue weighted by molar-refractivity contribution is 0.0385. The summed E-state index contributed by atoms with van der Waals surface area (Å²) in [6.07, 6.45) is 5.18. The first-order valence-corrected chi connectivity index (χ1v) is 13.2. The van der Waals surface area contributed by atoms with E-state index in [2.05, 4.69) is 32.2 Å². The second-order valence-corrected chi connectivity index (χ2v) is 10.7. The average Bonchev–Trinajstić information content (AvgIpc) is 3.56. The first kappa shape index (κ1) is 24.0. The van der Waals surface area contributed by atoms with E-state index in [0.29, 0.717) is 29.4 Å². The van der Waals surface area contributed by atoms with Gasteiger partial charge in [-0.3, -0.25) is 0 Å². The van der Waals surface area contributed by atoms with Crippen molar-refractivity contribution in [3.63, 3.8) is 0 Å². The van der Waals surface area contributed by atoms with Crippen molar-refractivity contribution in [2.45, 2.75) is 37.2 Å². The van der Waals surface area contributed by atoms with E-state index in [4.69, 9.17) is 4.42 Å². The Morgan fingerprint density at radius 2 is 1.97 bits per heavy atom. The number of piperidine rings is 2. The summed E-state index contributed by atoms with van der Waals surface area (Å²) < 4.78 is 19.5. The number of nitrogens with zero attached hydrogens (tertiary/aromatic N) is 4. The molecule has 37 heavy (non-hydrogen) atoms. The first-order chi connectivity index (χ1) is 18.0. The Morgan fingerprint density at radius 3 is 2.73 bits per heavy atom. The average molecular weight is 502 g/mol. The molecule has 1 spiro atoms. The molecule has 0 bridgehead atoms. The lowest BCUT2D eigenvalue weighted by atomic mass is 9.74. The van der Waals surface area contributed by atoms with Gasteiger partial charge < -0.3 is 24.6 Å². The van der Waals surface area contributed by atoms with Gasteiger partial charge in [0.2, 0.25) is 0 Å². The number of fused-ring (bicyclic) bond motifs is 2.